The van der Waals surface area contributed by atoms with Crippen LogP contribution in [0.25, 0.3) is 0 Å². The van der Waals surface area contributed by atoms with Gasteiger partial charge in [0.05, 0.1) is 0 Å². The van der Waals surface area contributed by atoms with Gasteiger partial charge >= 0.3 is 0 Å². The van der Waals surface area contributed by atoms with Crippen molar-refractivity contribution in [3.63, 3.8) is 0 Å². The summed E-state index contributed by atoms with van der Waals surface area (Å²) >= 11 is 0. The first-order valence-electron chi connectivity index (χ1n) is 15.1. The monoisotopic (exact) mass is 462 g/mol. The Morgan fingerprint density at radius 2 is 1.12 bits per heavy atom. The Balaban J connectivity index is 1.27. The number of nitrogens with one attached hydrogen (secondary N) is 2. The van der Waals surface area contributed by atoms with Gasteiger partial charge in [0.2, 0.25) is 0 Å². The molecule has 4 nitrogen and oxygen atoms in total. The smallest absolute Gasteiger partial charge is 0.188 e. The van der Waals surface area contributed by atoms with Crippen LogP contribution in [0.1, 0.15) is 148 Å². The molecule has 0 bridgehead atoms. The Kier molecular flexibility index (Phi) is 16.8. The summed E-state index contributed by atoms with van der Waals surface area (Å²) in [6.45, 7) is 3.40. The summed E-state index contributed by atoms with van der Waals surface area (Å²) in [5.74, 6) is 1.37. The molecule has 0 aliphatic heterocycles. The van der Waals surface area contributed by atoms with Crippen LogP contribution in [0.5, 0.6) is 0 Å². The molecule has 194 valence electrons. The molecule has 0 aromatic heterocycles. The number of unbranched alkanes of at least 4 members (excludes halogenated alkanes) is 10. The first-order chi connectivity index (χ1) is 16.3. The van der Waals surface area contributed by atoms with E-state index < -0.39 is 0 Å². The van der Waals surface area contributed by atoms with E-state index in [1.165, 1.54) is 161 Å². The van der Waals surface area contributed by atoms with Gasteiger partial charge in [0.25, 0.3) is 0 Å². The van der Waals surface area contributed by atoms with Gasteiger partial charge in [-0.25, -0.2) is 0 Å². The number of nitrogens with zero attached hydrogens (tertiary/aromatic N) is 1. The third-order valence-corrected chi connectivity index (χ3v) is 8.27. The SMILES string of the molecule is N=C(N)N(CCCCCCCCNCCCCCCCCC1CCCCC1)C1CCCCC1. The normalized spacial score (nSPS) is 17.9. The van der Waals surface area contributed by atoms with Crippen LogP contribution >= 0.6 is 0 Å². The van der Waals surface area contributed by atoms with Crippen LogP contribution < -0.4 is 11.1 Å². The van der Waals surface area contributed by atoms with Crippen LogP contribution in [-0.2, 0) is 0 Å². The average molecular weight is 463 g/mol. The lowest BCUT2D eigenvalue weighted by atomic mass is 9.85. The van der Waals surface area contributed by atoms with Gasteiger partial charge in [-0.1, -0.05) is 116 Å². The first-order valence-corrected chi connectivity index (χ1v) is 15.1. The van der Waals surface area contributed by atoms with Crippen molar-refractivity contribution in [3.05, 3.63) is 0 Å². The molecule has 2 aliphatic carbocycles. The van der Waals surface area contributed by atoms with E-state index in [2.05, 4.69) is 10.2 Å². The van der Waals surface area contributed by atoms with E-state index in [1.54, 1.807) is 0 Å². The molecule has 4 N–H and O–H groups in total. The molecule has 0 amide bonds. The zero-order valence-corrected chi connectivity index (χ0v) is 22.1. The van der Waals surface area contributed by atoms with Crippen molar-refractivity contribution in [2.24, 2.45) is 11.7 Å². The third kappa shape index (κ3) is 14.3. The van der Waals surface area contributed by atoms with Crippen molar-refractivity contribution in [3.8, 4) is 0 Å². The van der Waals surface area contributed by atoms with Gasteiger partial charge in [-0.3, -0.25) is 5.41 Å². The van der Waals surface area contributed by atoms with E-state index in [0.717, 1.165) is 12.5 Å². The van der Waals surface area contributed by atoms with Gasteiger partial charge in [-0.15, -0.1) is 0 Å². The molecule has 4 heteroatoms. The van der Waals surface area contributed by atoms with E-state index in [1.807, 2.05) is 0 Å². The maximum Gasteiger partial charge on any atom is 0.188 e. The number of hydrogen-bond acceptors (Lipinski definition) is 2. The van der Waals surface area contributed by atoms with Gasteiger partial charge < -0.3 is 16.0 Å². The van der Waals surface area contributed by atoms with Crippen molar-refractivity contribution in [1.82, 2.24) is 10.2 Å². The van der Waals surface area contributed by atoms with Gasteiger partial charge in [-0.2, -0.15) is 0 Å². The lowest BCUT2D eigenvalue weighted by molar-refractivity contribution is 0.236. The zero-order chi connectivity index (χ0) is 23.4. The fraction of sp³-hybridized carbons (Fsp3) is 0.966. The third-order valence-electron chi connectivity index (χ3n) is 8.27. The molecule has 2 fully saturated rings. The average Bonchev–Trinajstić information content (AvgIpc) is 2.84. The minimum absolute atomic E-state index is 0.294. The zero-order valence-electron chi connectivity index (χ0n) is 22.1. The molecule has 0 unspecified atom stereocenters. The number of rotatable bonds is 19. The quantitative estimate of drug-likeness (QED) is 0.104. The van der Waals surface area contributed by atoms with Crippen molar-refractivity contribution in [1.29, 1.82) is 5.41 Å². The number of hydrogen-bond donors (Lipinski definition) is 3. The summed E-state index contributed by atoms with van der Waals surface area (Å²) in [6, 6.07) is 0.536. The molecular weight excluding hydrogens is 404 g/mol. The second-order valence-corrected chi connectivity index (χ2v) is 11.2. The highest BCUT2D eigenvalue weighted by Crippen LogP contribution is 2.28. The minimum Gasteiger partial charge on any atom is -0.370 e. The van der Waals surface area contributed by atoms with Crippen molar-refractivity contribution in [2.45, 2.75) is 154 Å². The molecule has 0 heterocycles. The van der Waals surface area contributed by atoms with E-state index in [-0.39, 0.29) is 0 Å². The molecule has 0 aromatic carbocycles. The fourth-order valence-electron chi connectivity index (χ4n) is 6.12. The number of nitrogens with two attached hydrogens (primary N) is 1. The summed E-state index contributed by atoms with van der Waals surface area (Å²) < 4.78 is 0. The first kappa shape index (κ1) is 28.5. The Bertz CT molecular complexity index is 455. The highest BCUT2D eigenvalue weighted by atomic mass is 15.2. The standard InChI is InChI=1S/C29H58N4/c30-29(31)33(28-22-14-10-15-23-28)26-18-8-4-3-7-17-25-32-24-16-6-2-1-5-11-19-27-20-12-9-13-21-27/h27-28,32H,1-26H2,(H3,30,31). The molecule has 2 aliphatic rings. The Hall–Kier alpha value is -0.770. The Morgan fingerprint density at radius 3 is 1.70 bits per heavy atom. The van der Waals surface area contributed by atoms with Gasteiger partial charge in [0.1, 0.15) is 0 Å². The molecule has 0 saturated heterocycles. The van der Waals surface area contributed by atoms with E-state index >= 15 is 0 Å². The van der Waals surface area contributed by atoms with Crippen molar-refractivity contribution >= 4 is 5.96 Å². The molecule has 0 atom stereocenters. The van der Waals surface area contributed by atoms with E-state index in [4.69, 9.17) is 11.1 Å². The molecule has 0 radical (unpaired) electrons. The predicted molar refractivity (Wildman–Crippen MR) is 145 cm³/mol. The van der Waals surface area contributed by atoms with Crippen LogP contribution in [0.2, 0.25) is 0 Å². The molecule has 2 saturated carbocycles. The minimum atomic E-state index is 0.294. The molecular formula is C29H58N4. The summed E-state index contributed by atoms with van der Waals surface area (Å²) in [6.07, 6.45) is 31.9. The highest BCUT2D eigenvalue weighted by molar-refractivity contribution is 5.74. The van der Waals surface area contributed by atoms with Crippen molar-refractivity contribution < 1.29 is 0 Å². The molecule has 0 spiro atoms. The molecule has 33 heavy (non-hydrogen) atoms. The maximum absolute atomic E-state index is 7.91. The summed E-state index contributed by atoms with van der Waals surface area (Å²) in [5, 5.41) is 11.6. The second-order valence-electron chi connectivity index (χ2n) is 11.2. The van der Waals surface area contributed by atoms with Gasteiger partial charge in [-0.05, 0) is 51.1 Å². The van der Waals surface area contributed by atoms with Crippen LogP contribution in [0, 0.1) is 11.3 Å². The second kappa shape index (κ2) is 19.5. The summed E-state index contributed by atoms with van der Waals surface area (Å²) in [5.41, 5.74) is 5.86. The summed E-state index contributed by atoms with van der Waals surface area (Å²) in [4.78, 5) is 2.18. The maximum atomic E-state index is 7.91. The van der Waals surface area contributed by atoms with E-state index in [0.29, 0.717) is 12.0 Å². The molecule has 0 aromatic rings. The number of guanidine groups is 1. The van der Waals surface area contributed by atoms with Crippen LogP contribution in [0.3, 0.4) is 0 Å². The lowest BCUT2D eigenvalue weighted by Crippen LogP contribution is -2.45. The van der Waals surface area contributed by atoms with E-state index in [9.17, 15) is 0 Å². The van der Waals surface area contributed by atoms with Gasteiger partial charge in [0, 0.05) is 12.6 Å². The van der Waals surface area contributed by atoms with Crippen LogP contribution in [0.4, 0.5) is 0 Å². The Labute approximate surface area is 206 Å². The highest BCUT2D eigenvalue weighted by Gasteiger charge is 2.21. The Morgan fingerprint density at radius 1 is 0.636 bits per heavy atom. The fourth-order valence-corrected chi connectivity index (χ4v) is 6.12. The largest absolute Gasteiger partial charge is 0.370 e. The van der Waals surface area contributed by atoms with Crippen LogP contribution in [0.15, 0.2) is 0 Å². The van der Waals surface area contributed by atoms with Crippen molar-refractivity contribution in [2.75, 3.05) is 19.6 Å². The summed E-state index contributed by atoms with van der Waals surface area (Å²) in [7, 11) is 0. The lowest BCUT2D eigenvalue weighted by Gasteiger charge is -2.34. The molecule has 2 rings (SSSR count). The van der Waals surface area contributed by atoms with Crippen LogP contribution in [-0.4, -0.2) is 36.5 Å². The predicted octanol–water partition coefficient (Wildman–Crippen LogP) is 7.76. The van der Waals surface area contributed by atoms with Gasteiger partial charge in [0.15, 0.2) is 5.96 Å². The topological polar surface area (TPSA) is 65.1 Å².